The summed E-state index contributed by atoms with van der Waals surface area (Å²) in [5, 5.41) is 2.51. The van der Waals surface area contributed by atoms with Crippen molar-refractivity contribution in [1.29, 1.82) is 0 Å². The summed E-state index contributed by atoms with van der Waals surface area (Å²) in [6.45, 7) is 4.70. The van der Waals surface area contributed by atoms with Crippen molar-refractivity contribution in [2.24, 2.45) is 0 Å². The zero-order valence-corrected chi connectivity index (χ0v) is 26.2. The van der Waals surface area contributed by atoms with Crippen molar-refractivity contribution >= 4 is 33.4 Å². The van der Waals surface area contributed by atoms with E-state index in [1.54, 1.807) is 0 Å². The molecule has 0 saturated heterocycles. The second-order valence-corrected chi connectivity index (χ2v) is 13.2. The van der Waals surface area contributed by atoms with Crippen LogP contribution in [0.5, 0.6) is 0 Å². The highest BCUT2D eigenvalue weighted by Crippen LogP contribution is 2.55. The van der Waals surface area contributed by atoms with E-state index in [-0.39, 0.29) is 17.4 Å². The van der Waals surface area contributed by atoms with Crippen molar-refractivity contribution in [2.45, 2.75) is 31.2 Å². The molecule has 5 heteroatoms. The molecular formula is C42H31N5. The van der Waals surface area contributed by atoms with Crippen LogP contribution in [0.15, 0.2) is 140 Å². The molecule has 2 atom stereocenters. The maximum Gasteiger partial charge on any atom is 0.234 e. The van der Waals surface area contributed by atoms with Crippen LogP contribution >= 0.6 is 0 Å². The highest BCUT2D eigenvalue weighted by Gasteiger charge is 2.43. The van der Waals surface area contributed by atoms with Crippen LogP contribution in [-0.2, 0) is 5.41 Å². The number of nitrogens with zero attached hydrogens (tertiary/aromatic N) is 5. The third-order valence-corrected chi connectivity index (χ3v) is 10.4. The predicted molar refractivity (Wildman–Crippen MR) is 191 cm³/mol. The van der Waals surface area contributed by atoms with Crippen molar-refractivity contribution in [1.82, 2.24) is 19.5 Å². The molecular weight excluding hydrogens is 574 g/mol. The summed E-state index contributed by atoms with van der Waals surface area (Å²) in [5.74, 6) is 2.15. The van der Waals surface area contributed by atoms with Gasteiger partial charge in [-0.1, -0.05) is 147 Å². The first-order chi connectivity index (χ1) is 23.1. The van der Waals surface area contributed by atoms with Gasteiger partial charge in [-0.15, -0.1) is 0 Å². The smallest absolute Gasteiger partial charge is 0.234 e. The monoisotopic (exact) mass is 605 g/mol. The molecule has 0 saturated carbocycles. The number of rotatable bonds is 3. The van der Waals surface area contributed by atoms with Crippen LogP contribution in [-0.4, -0.2) is 25.6 Å². The lowest BCUT2D eigenvalue weighted by atomic mass is 9.75. The normalized spacial score (nSPS) is 18.4. The van der Waals surface area contributed by atoms with Crippen molar-refractivity contribution in [3.05, 3.63) is 156 Å². The molecule has 5 nitrogen and oxygen atoms in total. The van der Waals surface area contributed by atoms with E-state index in [9.17, 15) is 0 Å². The first kappa shape index (κ1) is 26.4. The molecule has 0 N–H and O–H groups in total. The van der Waals surface area contributed by atoms with Gasteiger partial charge in [0.15, 0.2) is 11.6 Å². The van der Waals surface area contributed by atoms with Crippen molar-refractivity contribution in [3.8, 4) is 28.5 Å². The van der Waals surface area contributed by atoms with Crippen LogP contribution in [0.4, 0.5) is 11.6 Å². The molecule has 1 aliphatic carbocycles. The molecule has 4 heterocycles. The summed E-state index contributed by atoms with van der Waals surface area (Å²) in [5.41, 5.74) is 10.6. The minimum Gasteiger partial charge on any atom is -0.307 e. The average Bonchev–Trinajstić information content (AvgIpc) is 3.65. The Balaban J connectivity index is 1.33. The Morgan fingerprint density at radius 1 is 0.574 bits per heavy atom. The minimum absolute atomic E-state index is 0.0239. The molecule has 2 aromatic heterocycles. The number of fused-ring (bicyclic) bond motifs is 9. The predicted octanol–water partition coefficient (Wildman–Crippen LogP) is 9.67. The van der Waals surface area contributed by atoms with Crippen LogP contribution in [0.3, 0.4) is 0 Å². The van der Waals surface area contributed by atoms with Gasteiger partial charge in [0.2, 0.25) is 5.95 Å². The summed E-state index contributed by atoms with van der Waals surface area (Å²) in [6, 6.07) is 40.9. The van der Waals surface area contributed by atoms with Gasteiger partial charge in [-0.3, -0.25) is 0 Å². The first-order valence-corrected chi connectivity index (χ1v) is 16.3. The van der Waals surface area contributed by atoms with Gasteiger partial charge >= 0.3 is 0 Å². The summed E-state index contributed by atoms with van der Waals surface area (Å²) in [7, 11) is 0. The molecule has 0 bridgehead atoms. The second kappa shape index (κ2) is 9.60. The van der Waals surface area contributed by atoms with E-state index >= 15 is 0 Å². The highest BCUT2D eigenvalue weighted by molar-refractivity contribution is 6.16. The number of benzene rings is 5. The number of aromatic nitrogens is 4. The Morgan fingerprint density at radius 3 is 1.96 bits per heavy atom. The quantitative estimate of drug-likeness (QED) is 0.201. The Kier molecular flexibility index (Phi) is 5.39. The summed E-state index contributed by atoms with van der Waals surface area (Å²) < 4.78 is 2.52. The Hall–Kier alpha value is -5.81. The van der Waals surface area contributed by atoms with Gasteiger partial charge in [0.1, 0.15) is 0 Å². The Morgan fingerprint density at radius 2 is 1.21 bits per heavy atom. The summed E-state index contributed by atoms with van der Waals surface area (Å²) in [6.07, 6.45) is 8.95. The average molecular weight is 606 g/mol. The lowest BCUT2D eigenvalue weighted by Gasteiger charge is -2.35. The number of hydrogen-bond donors (Lipinski definition) is 0. The molecule has 7 aromatic rings. The minimum atomic E-state index is -0.133. The number of anilines is 2. The number of allylic oxidation sites excluding steroid dienone is 2. The summed E-state index contributed by atoms with van der Waals surface area (Å²) >= 11 is 0. The SMILES string of the molecule is CC1(C)c2ccccc2-n2c3c1cccc3c1ccc3c(c12)N(c1nc(-c2ccccc2)nc(-c2ccccc2)n1)C1C=CC=CC31. The molecule has 0 fully saturated rings. The van der Waals surface area contributed by atoms with E-state index in [0.29, 0.717) is 17.6 Å². The molecule has 0 amide bonds. The Labute approximate surface area is 273 Å². The van der Waals surface area contributed by atoms with E-state index in [1.165, 1.54) is 44.2 Å². The van der Waals surface area contributed by atoms with Crippen LogP contribution < -0.4 is 4.90 Å². The fourth-order valence-corrected chi connectivity index (χ4v) is 8.18. The summed E-state index contributed by atoms with van der Waals surface area (Å²) in [4.78, 5) is 17.9. The zero-order valence-electron chi connectivity index (χ0n) is 26.2. The van der Waals surface area contributed by atoms with Gasteiger partial charge in [0.25, 0.3) is 0 Å². The van der Waals surface area contributed by atoms with E-state index < -0.39 is 0 Å². The van der Waals surface area contributed by atoms with E-state index in [2.05, 4.69) is 126 Å². The topological polar surface area (TPSA) is 46.8 Å². The van der Waals surface area contributed by atoms with E-state index in [4.69, 9.17) is 15.0 Å². The second-order valence-electron chi connectivity index (χ2n) is 13.2. The number of hydrogen-bond acceptors (Lipinski definition) is 4. The molecule has 47 heavy (non-hydrogen) atoms. The van der Waals surface area contributed by atoms with Crippen LogP contribution in [0.2, 0.25) is 0 Å². The maximum atomic E-state index is 5.25. The molecule has 0 radical (unpaired) electrons. The van der Waals surface area contributed by atoms with Crippen LogP contribution in [0, 0.1) is 0 Å². The van der Waals surface area contributed by atoms with Crippen molar-refractivity contribution in [2.75, 3.05) is 4.90 Å². The highest BCUT2D eigenvalue weighted by atomic mass is 15.3. The van der Waals surface area contributed by atoms with Gasteiger partial charge in [-0.2, -0.15) is 9.97 Å². The molecule has 2 unspecified atom stereocenters. The van der Waals surface area contributed by atoms with Gasteiger partial charge in [0.05, 0.1) is 28.5 Å². The third-order valence-electron chi connectivity index (χ3n) is 10.4. The van der Waals surface area contributed by atoms with Crippen LogP contribution in [0.25, 0.3) is 50.3 Å². The lowest BCUT2D eigenvalue weighted by molar-refractivity contribution is 0.630. The van der Waals surface area contributed by atoms with Gasteiger partial charge in [-0.25, -0.2) is 4.98 Å². The van der Waals surface area contributed by atoms with Crippen molar-refractivity contribution in [3.63, 3.8) is 0 Å². The van der Waals surface area contributed by atoms with Gasteiger partial charge in [0, 0.05) is 33.2 Å². The third kappa shape index (κ3) is 3.62. The molecule has 0 spiro atoms. The fraction of sp³-hybridized carbons (Fsp3) is 0.119. The largest absolute Gasteiger partial charge is 0.307 e. The maximum absolute atomic E-state index is 5.25. The molecule has 2 aliphatic heterocycles. The van der Waals surface area contributed by atoms with Gasteiger partial charge < -0.3 is 9.47 Å². The zero-order chi connectivity index (χ0) is 31.3. The van der Waals surface area contributed by atoms with Crippen molar-refractivity contribution < 1.29 is 0 Å². The number of para-hydroxylation sites is 2. The standard InChI is InChI=1S/C42H31N5/c1-42(2)32-20-10-12-23-35(32)46-36-29(19-13-21-33(36)42)31-25-24-30-28-18-9-11-22-34(28)47(38(30)37(31)46)41-44-39(26-14-5-3-6-15-26)43-40(45-41)27-16-7-4-8-17-27/h3-25,28,34H,1-2H3. The lowest BCUT2D eigenvalue weighted by Crippen LogP contribution is -2.31. The molecule has 5 aromatic carbocycles. The molecule has 3 aliphatic rings. The molecule has 224 valence electrons. The van der Waals surface area contributed by atoms with E-state index in [0.717, 1.165) is 16.8 Å². The first-order valence-electron chi connectivity index (χ1n) is 16.3. The molecule has 10 rings (SSSR count). The van der Waals surface area contributed by atoms with E-state index in [1.807, 2.05) is 36.4 Å². The van der Waals surface area contributed by atoms with Crippen LogP contribution in [0.1, 0.15) is 36.5 Å². The Bertz CT molecular complexity index is 2400. The fourth-order valence-electron chi connectivity index (χ4n) is 8.18. The van der Waals surface area contributed by atoms with Gasteiger partial charge in [-0.05, 0) is 22.8 Å².